The Bertz CT molecular complexity index is 1350. The third-order valence-corrected chi connectivity index (χ3v) is 5.62. The van der Waals surface area contributed by atoms with Crippen molar-refractivity contribution in [3.63, 3.8) is 0 Å². The molecule has 192 valence electrons. The zero-order valence-electron chi connectivity index (χ0n) is 20.4. The molecule has 0 radical (unpaired) electrons. The van der Waals surface area contributed by atoms with Crippen molar-refractivity contribution in [3.8, 4) is 11.6 Å². The smallest absolute Gasteiger partial charge is 0.251 e. The van der Waals surface area contributed by atoms with E-state index in [1.54, 1.807) is 31.2 Å². The second-order valence-corrected chi connectivity index (χ2v) is 8.44. The van der Waals surface area contributed by atoms with Crippen LogP contribution in [0.15, 0.2) is 65.1 Å². The molecule has 37 heavy (non-hydrogen) atoms. The molecule has 0 saturated carbocycles. The first-order valence-electron chi connectivity index (χ1n) is 11.8. The summed E-state index contributed by atoms with van der Waals surface area (Å²) in [5.41, 5.74) is 1.06. The van der Waals surface area contributed by atoms with Gasteiger partial charge in [-0.2, -0.15) is 4.80 Å². The maximum absolute atomic E-state index is 13.7. The second-order valence-electron chi connectivity index (χ2n) is 8.44. The summed E-state index contributed by atoms with van der Waals surface area (Å²) >= 11 is 0. The van der Waals surface area contributed by atoms with E-state index in [-0.39, 0.29) is 24.7 Å². The Morgan fingerprint density at radius 3 is 2.32 bits per heavy atom. The van der Waals surface area contributed by atoms with E-state index in [0.717, 1.165) is 4.80 Å². The highest BCUT2D eigenvalue weighted by Crippen LogP contribution is 2.22. The van der Waals surface area contributed by atoms with Gasteiger partial charge in [-0.05, 0) is 72.7 Å². The molecule has 0 bridgehead atoms. The molecule has 4 aromatic rings. The van der Waals surface area contributed by atoms with E-state index in [1.165, 1.54) is 41.3 Å². The maximum Gasteiger partial charge on any atom is 0.251 e. The van der Waals surface area contributed by atoms with Gasteiger partial charge < -0.3 is 9.73 Å². The average molecular weight is 509 g/mol. The molecule has 4 rings (SSSR count). The molecule has 2 aromatic carbocycles. The van der Waals surface area contributed by atoms with Gasteiger partial charge in [0.25, 0.3) is 5.91 Å². The maximum atomic E-state index is 13.7. The van der Waals surface area contributed by atoms with Crippen molar-refractivity contribution >= 4 is 17.5 Å². The number of aryl methyl sites for hydroxylation is 1. The molecule has 0 aliphatic rings. The Morgan fingerprint density at radius 1 is 1.03 bits per heavy atom. The van der Waals surface area contributed by atoms with Crippen LogP contribution in [0.2, 0.25) is 0 Å². The van der Waals surface area contributed by atoms with Gasteiger partial charge in [0.1, 0.15) is 30.0 Å². The van der Waals surface area contributed by atoms with Crippen LogP contribution >= 0.6 is 0 Å². The first kappa shape index (κ1) is 25.7. The number of tetrazole rings is 1. The Morgan fingerprint density at radius 2 is 1.70 bits per heavy atom. The Kier molecular flexibility index (Phi) is 8.02. The molecule has 0 aliphatic heterocycles. The fourth-order valence-electron chi connectivity index (χ4n) is 3.82. The lowest BCUT2D eigenvalue weighted by atomic mass is 10.1. The van der Waals surface area contributed by atoms with Crippen molar-refractivity contribution in [2.75, 3.05) is 4.90 Å². The highest BCUT2D eigenvalue weighted by Gasteiger charge is 2.31. The van der Waals surface area contributed by atoms with Crippen LogP contribution in [0.1, 0.15) is 31.1 Å². The largest absolute Gasteiger partial charge is 0.458 e. The molecule has 0 saturated heterocycles. The van der Waals surface area contributed by atoms with Crippen molar-refractivity contribution in [2.45, 2.75) is 45.8 Å². The summed E-state index contributed by atoms with van der Waals surface area (Å²) in [6.45, 7) is 3.52. The molecule has 0 fully saturated rings. The lowest BCUT2D eigenvalue weighted by Crippen LogP contribution is -2.51. The Balaban J connectivity index is 1.57. The molecule has 9 nitrogen and oxygen atoms in total. The Labute approximate surface area is 212 Å². The van der Waals surface area contributed by atoms with Gasteiger partial charge in [0.2, 0.25) is 11.7 Å². The third-order valence-electron chi connectivity index (χ3n) is 5.62. The van der Waals surface area contributed by atoms with Gasteiger partial charge in [0, 0.05) is 12.2 Å². The van der Waals surface area contributed by atoms with E-state index in [4.69, 9.17) is 4.42 Å². The number of aromatic nitrogens is 4. The number of benzene rings is 2. The van der Waals surface area contributed by atoms with Crippen LogP contribution in [-0.2, 0) is 22.7 Å². The number of furan rings is 1. The predicted molar refractivity (Wildman–Crippen MR) is 131 cm³/mol. The molecule has 2 amide bonds. The molecular weight excluding hydrogens is 482 g/mol. The number of rotatable bonds is 10. The van der Waals surface area contributed by atoms with E-state index in [0.29, 0.717) is 35.6 Å². The average Bonchev–Trinajstić information content (AvgIpc) is 3.53. The summed E-state index contributed by atoms with van der Waals surface area (Å²) in [7, 11) is 0. The van der Waals surface area contributed by atoms with E-state index in [1.807, 2.05) is 6.92 Å². The van der Waals surface area contributed by atoms with Gasteiger partial charge in [0.05, 0.1) is 0 Å². The number of hydrogen-bond donors (Lipinski definition) is 1. The monoisotopic (exact) mass is 508 g/mol. The van der Waals surface area contributed by atoms with E-state index < -0.39 is 23.7 Å². The number of hydrogen-bond acceptors (Lipinski definition) is 6. The van der Waals surface area contributed by atoms with Gasteiger partial charge in [0.15, 0.2) is 5.76 Å². The third kappa shape index (κ3) is 6.43. The van der Waals surface area contributed by atoms with Crippen molar-refractivity contribution in [3.05, 3.63) is 83.6 Å². The van der Waals surface area contributed by atoms with Gasteiger partial charge in [-0.15, -0.1) is 10.2 Å². The van der Waals surface area contributed by atoms with Gasteiger partial charge in [-0.1, -0.05) is 25.5 Å². The first-order valence-corrected chi connectivity index (χ1v) is 11.8. The first-order chi connectivity index (χ1) is 17.8. The van der Waals surface area contributed by atoms with Crippen molar-refractivity contribution < 1.29 is 22.8 Å². The van der Waals surface area contributed by atoms with Crippen molar-refractivity contribution in [1.29, 1.82) is 0 Å². The van der Waals surface area contributed by atoms with Crippen LogP contribution in [0.25, 0.3) is 11.6 Å². The minimum Gasteiger partial charge on any atom is -0.458 e. The standard InChI is InChI=1S/C26H26F2N6O3/c1-3-4-22(26(36)29-15-18-6-8-19(27)9-7-18)34(21-12-10-20(28)11-13-21)24(35)16-33-31-25(30-32-33)23-14-5-17(2)37-23/h5-14,22H,3-4,15-16H2,1-2H3,(H,29,36). The zero-order valence-corrected chi connectivity index (χ0v) is 20.4. The lowest BCUT2D eigenvalue weighted by Gasteiger charge is -2.31. The highest BCUT2D eigenvalue weighted by molar-refractivity contribution is 6.00. The van der Waals surface area contributed by atoms with Gasteiger partial charge in [-0.3, -0.25) is 14.5 Å². The minimum atomic E-state index is -0.890. The fourth-order valence-corrected chi connectivity index (χ4v) is 3.82. The summed E-state index contributed by atoms with van der Waals surface area (Å²) in [6, 6.07) is 13.7. The number of nitrogens with zero attached hydrogens (tertiary/aromatic N) is 5. The summed E-state index contributed by atoms with van der Waals surface area (Å²) in [5, 5.41) is 14.9. The molecule has 2 aromatic heterocycles. The number of anilines is 1. The molecule has 1 atom stereocenters. The van der Waals surface area contributed by atoms with Crippen LogP contribution in [0.3, 0.4) is 0 Å². The topological polar surface area (TPSA) is 106 Å². The normalized spacial score (nSPS) is 11.8. The van der Waals surface area contributed by atoms with E-state index in [2.05, 4.69) is 20.7 Å². The molecular formula is C26H26F2N6O3. The minimum absolute atomic E-state index is 0.154. The SMILES string of the molecule is CCCC(C(=O)NCc1ccc(F)cc1)N(C(=O)Cn1nnc(-c2ccc(C)o2)n1)c1ccc(F)cc1. The second kappa shape index (κ2) is 11.5. The molecule has 1 N–H and O–H groups in total. The highest BCUT2D eigenvalue weighted by atomic mass is 19.1. The molecule has 0 spiro atoms. The van der Waals surface area contributed by atoms with Gasteiger partial charge in [-0.25, -0.2) is 8.78 Å². The number of amides is 2. The zero-order chi connectivity index (χ0) is 26.4. The molecule has 11 heteroatoms. The van der Waals surface area contributed by atoms with Crippen molar-refractivity contribution in [2.24, 2.45) is 0 Å². The van der Waals surface area contributed by atoms with Crippen LogP contribution < -0.4 is 10.2 Å². The molecule has 2 heterocycles. The van der Waals surface area contributed by atoms with Gasteiger partial charge >= 0.3 is 0 Å². The number of halogens is 2. The van der Waals surface area contributed by atoms with E-state index in [9.17, 15) is 18.4 Å². The van der Waals surface area contributed by atoms with Crippen molar-refractivity contribution in [1.82, 2.24) is 25.5 Å². The predicted octanol–water partition coefficient (Wildman–Crippen LogP) is 4.04. The van der Waals surface area contributed by atoms with E-state index >= 15 is 0 Å². The number of carbonyl (C=O) groups excluding carboxylic acids is 2. The van der Waals surface area contributed by atoms with Crippen LogP contribution in [0.5, 0.6) is 0 Å². The lowest BCUT2D eigenvalue weighted by molar-refractivity contribution is -0.127. The van der Waals surface area contributed by atoms with Crippen LogP contribution in [-0.4, -0.2) is 38.1 Å². The van der Waals surface area contributed by atoms with Crippen LogP contribution in [0.4, 0.5) is 14.5 Å². The Hall–Kier alpha value is -4.41. The fraction of sp³-hybridized carbons (Fsp3) is 0.269. The number of nitrogens with one attached hydrogen (secondary N) is 1. The summed E-state index contributed by atoms with van der Waals surface area (Å²) in [4.78, 5) is 29.3. The quantitative estimate of drug-likeness (QED) is 0.347. The molecule has 0 aliphatic carbocycles. The summed E-state index contributed by atoms with van der Waals surface area (Å²) in [5.74, 6) is -0.422. The molecule has 1 unspecified atom stereocenters. The van der Waals surface area contributed by atoms with Crippen LogP contribution in [0, 0.1) is 18.6 Å². The summed E-state index contributed by atoms with van der Waals surface area (Å²) in [6.07, 6.45) is 0.948. The number of carbonyl (C=O) groups is 2. The summed E-state index contributed by atoms with van der Waals surface area (Å²) < 4.78 is 32.4.